The number of piperidine rings is 1. The molecule has 0 N–H and O–H groups in total. The van der Waals surface area contributed by atoms with Crippen molar-refractivity contribution in [1.29, 1.82) is 0 Å². The third-order valence-electron chi connectivity index (χ3n) is 4.05. The number of rotatable bonds is 2. The molecule has 0 aromatic carbocycles. The molecule has 1 aromatic heterocycles. The first-order chi connectivity index (χ1) is 8.24. The zero-order chi connectivity index (χ0) is 11.8. The summed E-state index contributed by atoms with van der Waals surface area (Å²) >= 11 is 1.45. The highest BCUT2D eigenvalue weighted by molar-refractivity contribution is 7.11. The van der Waals surface area contributed by atoms with E-state index < -0.39 is 0 Å². The lowest BCUT2D eigenvalue weighted by Gasteiger charge is -2.35. The summed E-state index contributed by atoms with van der Waals surface area (Å²) in [6, 6.07) is 4.96. The van der Waals surface area contributed by atoms with Crippen LogP contribution in [0.15, 0.2) is 17.5 Å². The second-order valence-electron chi connectivity index (χ2n) is 5.03. The Morgan fingerprint density at radius 3 is 2.71 bits per heavy atom. The van der Waals surface area contributed by atoms with E-state index >= 15 is 0 Å². The van der Waals surface area contributed by atoms with E-state index in [1.807, 2.05) is 17.5 Å². The zero-order valence-electron chi connectivity index (χ0n) is 9.96. The molecule has 0 spiro atoms. The zero-order valence-corrected chi connectivity index (χ0v) is 10.8. The average Bonchev–Trinajstić information content (AvgIpc) is 2.88. The molecule has 92 valence electrons. The Balaban J connectivity index is 1.62. The van der Waals surface area contributed by atoms with Crippen molar-refractivity contribution in [2.45, 2.75) is 43.9 Å². The Morgan fingerprint density at radius 2 is 2.12 bits per heavy atom. The van der Waals surface area contributed by atoms with Crippen LogP contribution in [-0.2, 0) is 4.74 Å². The number of hydrogen-bond acceptors (Lipinski definition) is 4. The Morgan fingerprint density at radius 1 is 1.41 bits per heavy atom. The van der Waals surface area contributed by atoms with Crippen LogP contribution < -0.4 is 0 Å². The predicted molar refractivity (Wildman–Crippen MR) is 67.3 cm³/mol. The number of carbonyl (C=O) groups excluding carboxylic acids is 1. The number of hydrogen-bond donors (Lipinski definition) is 0. The quantitative estimate of drug-likeness (QED) is 0.756. The first-order valence-corrected chi connectivity index (χ1v) is 7.08. The maximum Gasteiger partial charge on any atom is 0.348 e. The van der Waals surface area contributed by atoms with Gasteiger partial charge in [-0.25, -0.2) is 4.79 Å². The molecule has 1 unspecified atom stereocenters. The average molecular weight is 251 g/mol. The Labute approximate surface area is 105 Å². The topological polar surface area (TPSA) is 29.5 Å². The third kappa shape index (κ3) is 2.11. The Kier molecular flexibility index (Phi) is 2.92. The van der Waals surface area contributed by atoms with Crippen molar-refractivity contribution in [3.8, 4) is 0 Å². The van der Waals surface area contributed by atoms with Crippen LogP contribution in [0.3, 0.4) is 0 Å². The maximum absolute atomic E-state index is 11.9. The van der Waals surface area contributed by atoms with E-state index in [1.165, 1.54) is 24.2 Å². The van der Waals surface area contributed by atoms with Crippen molar-refractivity contribution in [2.75, 3.05) is 7.05 Å². The smallest absolute Gasteiger partial charge is 0.348 e. The second-order valence-corrected chi connectivity index (χ2v) is 5.97. The van der Waals surface area contributed by atoms with Gasteiger partial charge in [0.2, 0.25) is 0 Å². The largest absolute Gasteiger partial charge is 0.458 e. The van der Waals surface area contributed by atoms with Crippen molar-refractivity contribution in [2.24, 2.45) is 0 Å². The molecule has 0 aliphatic carbocycles. The number of ether oxygens (including phenoxy) is 1. The van der Waals surface area contributed by atoms with Crippen LogP contribution in [0.5, 0.6) is 0 Å². The van der Waals surface area contributed by atoms with Crippen LogP contribution >= 0.6 is 11.3 Å². The molecule has 1 aromatic rings. The molecule has 0 radical (unpaired) electrons. The molecule has 0 amide bonds. The number of fused-ring (bicyclic) bond motifs is 2. The number of nitrogens with zero attached hydrogens (tertiary/aromatic N) is 1. The first-order valence-electron chi connectivity index (χ1n) is 6.20. The van der Waals surface area contributed by atoms with E-state index in [0.29, 0.717) is 12.1 Å². The van der Waals surface area contributed by atoms with Crippen molar-refractivity contribution in [3.05, 3.63) is 22.4 Å². The number of thiophene rings is 1. The summed E-state index contributed by atoms with van der Waals surface area (Å²) in [4.78, 5) is 15.0. The van der Waals surface area contributed by atoms with E-state index in [4.69, 9.17) is 4.74 Å². The lowest BCUT2D eigenvalue weighted by molar-refractivity contribution is 0.0000105. The van der Waals surface area contributed by atoms with Gasteiger partial charge in [-0.2, -0.15) is 0 Å². The van der Waals surface area contributed by atoms with Gasteiger partial charge in [-0.1, -0.05) is 6.07 Å². The molecule has 2 bridgehead atoms. The minimum Gasteiger partial charge on any atom is -0.458 e. The van der Waals surface area contributed by atoms with Crippen LogP contribution in [0.1, 0.15) is 35.4 Å². The molecular formula is C13H17NO2S. The van der Waals surface area contributed by atoms with Gasteiger partial charge in [0, 0.05) is 24.9 Å². The fourth-order valence-electron chi connectivity index (χ4n) is 3.06. The van der Waals surface area contributed by atoms with Crippen LogP contribution in [0.2, 0.25) is 0 Å². The van der Waals surface area contributed by atoms with Crippen molar-refractivity contribution >= 4 is 17.3 Å². The maximum atomic E-state index is 11.9. The van der Waals surface area contributed by atoms with Gasteiger partial charge in [0.05, 0.1) is 0 Å². The number of esters is 1. The molecule has 4 heteroatoms. The van der Waals surface area contributed by atoms with E-state index in [0.717, 1.165) is 17.7 Å². The monoisotopic (exact) mass is 251 g/mol. The molecular weight excluding hydrogens is 234 g/mol. The van der Waals surface area contributed by atoms with Gasteiger partial charge < -0.3 is 9.64 Å². The molecule has 3 atom stereocenters. The fourth-order valence-corrected chi connectivity index (χ4v) is 3.67. The molecule has 3 heterocycles. The van der Waals surface area contributed by atoms with E-state index in [9.17, 15) is 4.79 Å². The summed E-state index contributed by atoms with van der Waals surface area (Å²) in [5.74, 6) is -0.144. The van der Waals surface area contributed by atoms with Gasteiger partial charge in [0.1, 0.15) is 11.0 Å². The molecule has 3 rings (SSSR count). The summed E-state index contributed by atoms with van der Waals surface area (Å²) in [7, 11) is 2.19. The molecule has 17 heavy (non-hydrogen) atoms. The van der Waals surface area contributed by atoms with Crippen LogP contribution in [0.25, 0.3) is 0 Å². The third-order valence-corrected chi connectivity index (χ3v) is 4.90. The number of carbonyl (C=O) groups is 1. The molecule has 3 nitrogen and oxygen atoms in total. The van der Waals surface area contributed by atoms with Gasteiger partial charge >= 0.3 is 5.97 Å². The Hall–Kier alpha value is -0.870. The Bertz CT molecular complexity index is 390. The minimum atomic E-state index is -0.144. The highest BCUT2D eigenvalue weighted by atomic mass is 32.1. The van der Waals surface area contributed by atoms with Crippen LogP contribution in [0.4, 0.5) is 0 Å². The normalized spacial score (nSPS) is 32.6. The first kappa shape index (κ1) is 11.2. The highest BCUT2D eigenvalue weighted by Gasteiger charge is 2.39. The summed E-state index contributed by atoms with van der Waals surface area (Å²) in [5, 5.41) is 1.91. The van der Waals surface area contributed by atoms with Gasteiger partial charge in [-0.15, -0.1) is 11.3 Å². The van der Waals surface area contributed by atoms with Crippen molar-refractivity contribution in [3.63, 3.8) is 0 Å². The molecule has 2 aliphatic rings. The van der Waals surface area contributed by atoms with Crippen LogP contribution in [-0.4, -0.2) is 36.1 Å². The second kappa shape index (κ2) is 4.42. The predicted octanol–water partition coefficient (Wildman–Crippen LogP) is 2.53. The van der Waals surface area contributed by atoms with Gasteiger partial charge in [-0.3, -0.25) is 0 Å². The van der Waals surface area contributed by atoms with Crippen LogP contribution in [0, 0.1) is 0 Å². The van der Waals surface area contributed by atoms with Crippen molar-refractivity contribution in [1.82, 2.24) is 4.90 Å². The highest BCUT2D eigenvalue weighted by Crippen LogP contribution is 2.35. The SMILES string of the molecule is CN1[C@@H]2CC[C@H]1CC(OC(=O)c1cccs1)C2. The lowest BCUT2D eigenvalue weighted by Crippen LogP contribution is -2.43. The lowest BCUT2D eigenvalue weighted by atomic mass is 10.0. The van der Waals surface area contributed by atoms with E-state index in [-0.39, 0.29) is 12.1 Å². The summed E-state index contributed by atoms with van der Waals surface area (Å²) in [6.07, 6.45) is 4.65. The standard InChI is InChI=1S/C13H17NO2S/c1-14-9-4-5-10(14)8-11(7-9)16-13(15)12-3-2-6-17-12/h2-3,6,9-11H,4-5,7-8H2,1H3/t9-,10+,11?. The minimum absolute atomic E-state index is 0.123. The van der Waals surface area contributed by atoms with Crippen molar-refractivity contribution < 1.29 is 9.53 Å². The summed E-state index contributed by atoms with van der Waals surface area (Å²) in [6.45, 7) is 0. The van der Waals surface area contributed by atoms with E-state index in [1.54, 1.807) is 0 Å². The van der Waals surface area contributed by atoms with E-state index in [2.05, 4.69) is 11.9 Å². The summed E-state index contributed by atoms with van der Waals surface area (Å²) in [5.41, 5.74) is 0. The molecule has 0 saturated carbocycles. The fraction of sp³-hybridized carbons (Fsp3) is 0.615. The molecule has 2 saturated heterocycles. The molecule has 2 fully saturated rings. The summed E-state index contributed by atoms with van der Waals surface area (Å²) < 4.78 is 5.61. The van der Waals surface area contributed by atoms with Gasteiger partial charge in [-0.05, 0) is 31.3 Å². The molecule has 2 aliphatic heterocycles. The van der Waals surface area contributed by atoms with Gasteiger partial charge in [0.25, 0.3) is 0 Å². The van der Waals surface area contributed by atoms with Gasteiger partial charge in [0.15, 0.2) is 0 Å².